The summed E-state index contributed by atoms with van der Waals surface area (Å²) in [7, 11) is -1.99. The molecule has 0 bridgehead atoms. The molecule has 0 amide bonds. The van der Waals surface area contributed by atoms with Gasteiger partial charge in [0.25, 0.3) is 0 Å². The summed E-state index contributed by atoms with van der Waals surface area (Å²) in [5, 5.41) is 0. The molecule has 0 fully saturated rings. The predicted octanol–water partition coefficient (Wildman–Crippen LogP) is 1.74. The first-order chi connectivity index (χ1) is 9.44. The highest BCUT2D eigenvalue weighted by atomic mass is 32.2. The van der Waals surface area contributed by atoms with Crippen LogP contribution in [0.15, 0.2) is 24.3 Å². The summed E-state index contributed by atoms with van der Waals surface area (Å²) in [6, 6.07) is 6.04. The number of ether oxygens (including phenoxy) is 2. The van der Waals surface area contributed by atoms with Crippen LogP contribution in [0, 0.1) is 0 Å². The highest BCUT2D eigenvalue weighted by Gasteiger charge is 2.13. The molecular weight excluding hydrogens is 292 g/mol. The molecule has 0 spiro atoms. The van der Waals surface area contributed by atoms with E-state index in [1.165, 1.54) is 25.3 Å². The van der Waals surface area contributed by atoms with Crippen molar-refractivity contribution in [1.29, 1.82) is 0 Å². The fourth-order valence-electron chi connectivity index (χ4n) is 1.51. The maximum atomic E-state index is 12.2. The van der Waals surface area contributed by atoms with E-state index in [1.807, 2.05) is 0 Å². The molecule has 0 radical (unpaired) electrons. The minimum Gasteiger partial charge on any atom is -0.434 e. The lowest BCUT2D eigenvalue weighted by Crippen LogP contribution is -2.26. The Balaban J connectivity index is 2.60. The zero-order valence-corrected chi connectivity index (χ0v) is 11.8. The van der Waals surface area contributed by atoms with Crippen LogP contribution in [-0.4, -0.2) is 34.5 Å². The molecular formula is C12H17F2NO4S. The van der Waals surface area contributed by atoms with Crippen LogP contribution in [0.25, 0.3) is 0 Å². The van der Waals surface area contributed by atoms with E-state index in [0.29, 0.717) is 18.6 Å². The van der Waals surface area contributed by atoms with Crippen LogP contribution in [0.5, 0.6) is 5.75 Å². The van der Waals surface area contributed by atoms with Crippen molar-refractivity contribution in [3.8, 4) is 5.75 Å². The van der Waals surface area contributed by atoms with E-state index in [4.69, 9.17) is 4.74 Å². The molecule has 0 aliphatic rings. The van der Waals surface area contributed by atoms with Gasteiger partial charge in [0.1, 0.15) is 5.75 Å². The van der Waals surface area contributed by atoms with Gasteiger partial charge in [-0.2, -0.15) is 8.78 Å². The molecule has 1 aromatic carbocycles. The van der Waals surface area contributed by atoms with E-state index in [0.717, 1.165) is 0 Å². The lowest BCUT2D eigenvalue weighted by molar-refractivity contribution is -0.0504. The van der Waals surface area contributed by atoms with Crippen LogP contribution < -0.4 is 9.46 Å². The van der Waals surface area contributed by atoms with Gasteiger partial charge in [0.05, 0.1) is 5.75 Å². The van der Waals surface area contributed by atoms with Crippen molar-refractivity contribution in [3.63, 3.8) is 0 Å². The van der Waals surface area contributed by atoms with Gasteiger partial charge in [0.2, 0.25) is 10.0 Å². The molecule has 5 nitrogen and oxygen atoms in total. The molecule has 0 aromatic heterocycles. The smallest absolute Gasteiger partial charge is 0.387 e. The molecule has 1 aromatic rings. The number of benzene rings is 1. The number of hydrogen-bond acceptors (Lipinski definition) is 4. The maximum Gasteiger partial charge on any atom is 0.387 e. The van der Waals surface area contributed by atoms with Gasteiger partial charge in [0.15, 0.2) is 0 Å². The topological polar surface area (TPSA) is 64.6 Å². The Hall–Kier alpha value is -1.25. The van der Waals surface area contributed by atoms with Crippen molar-refractivity contribution in [2.24, 2.45) is 0 Å². The molecule has 0 heterocycles. The van der Waals surface area contributed by atoms with Crippen molar-refractivity contribution in [2.45, 2.75) is 19.6 Å². The fraction of sp³-hybridized carbons (Fsp3) is 0.500. The molecule has 20 heavy (non-hydrogen) atoms. The van der Waals surface area contributed by atoms with Crippen molar-refractivity contribution in [3.05, 3.63) is 29.8 Å². The zero-order valence-electron chi connectivity index (χ0n) is 11.0. The molecule has 114 valence electrons. The minimum absolute atomic E-state index is 0.0397. The second-order valence-corrected chi connectivity index (χ2v) is 5.90. The minimum atomic E-state index is -3.47. The molecule has 1 rings (SSSR count). The number of para-hydroxylation sites is 1. The molecule has 0 saturated heterocycles. The molecule has 0 aliphatic carbocycles. The number of methoxy groups -OCH3 is 1. The van der Waals surface area contributed by atoms with Crippen LogP contribution in [0.2, 0.25) is 0 Å². The summed E-state index contributed by atoms with van der Waals surface area (Å²) in [5.41, 5.74) is 0.350. The lowest BCUT2D eigenvalue weighted by Gasteiger charge is -2.11. The quantitative estimate of drug-likeness (QED) is 0.706. The first-order valence-corrected chi connectivity index (χ1v) is 7.59. The number of sulfonamides is 1. The summed E-state index contributed by atoms with van der Waals surface area (Å²) in [6.45, 7) is -2.71. The van der Waals surface area contributed by atoms with E-state index in [-0.39, 0.29) is 18.0 Å². The van der Waals surface area contributed by atoms with Gasteiger partial charge in [-0.1, -0.05) is 18.2 Å². The highest BCUT2D eigenvalue weighted by Crippen LogP contribution is 2.20. The number of hydrogen-bond donors (Lipinski definition) is 1. The Morgan fingerprint density at radius 1 is 1.30 bits per heavy atom. The van der Waals surface area contributed by atoms with E-state index < -0.39 is 16.6 Å². The number of alkyl halides is 2. The summed E-state index contributed by atoms with van der Waals surface area (Å²) in [5.74, 6) is -0.124. The second-order valence-electron chi connectivity index (χ2n) is 3.97. The van der Waals surface area contributed by atoms with Crippen LogP contribution in [0.4, 0.5) is 8.78 Å². The Bertz CT molecular complexity index is 508. The molecule has 0 atom stereocenters. The number of halogens is 2. The van der Waals surface area contributed by atoms with Gasteiger partial charge >= 0.3 is 6.61 Å². The average molecular weight is 309 g/mol. The summed E-state index contributed by atoms with van der Waals surface area (Å²) < 4.78 is 59.2. The van der Waals surface area contributed by atoms with Crippen LogP contribution in [-0.2, 0) is 21.3 Å². The van der Waals surface area contributed by atoms with Crippen molar-refractivity contribution < 1.29 is 26.7 Å². The summed E-state index contributed by atoms with van der Waals surface area (Å²) in [6.07, 6.45) is 0.362. The molecule has 0 aliphatic heterocycles. The van der Waals surface area contributed by atoms with Crippen molar-refractivity contribution >= 4 is 10.0 Å². The third-order valence-electron chi connectivity index (χ3n) is 2.43. The third-order valence-corrected chi connectivity index (χ3v) is 3.84. The molecule has 1 N–H and O–H groups in total. The van der Waals surface area contributed by atoms with E-state index >= 15 is 0 Å². The van der Waals surface area contributed by atoms with Gasteiger partial charge in [-0.05, 0) is 12.5 Å². The summed E-state index contributed by atoms with van der Waals surface area (Å²) in [4.78, 5) is 0. The standard InChI is InChI=1S/C12H17F2NO4S/c1-18-7-4-8-20(16,17)15-9-10-5-2-3-6-11(10)19-12(13)14/h2-3,5-6,12,15H,4,7-9H2,1H3. The monoisotopic (exact) mass is 309 g/mol. The maximum absolute atomic E-state index is 12.2. The SMILES string of the molecule is COCCCS(=O)(=O)NCc1ccccc1OC(F)F. The first kappa shape index (κ1) is 16.8. The highest BCUT2D eigenvalue weighted by molar-refractivity contribution is 7.89. The second kappa shape index (κ2) is 8.13. The lowest BCUT2D eigenvalue weighted by atomic mass is 10.2. The van der Waals surface area contributed by atoms with Crippen LogP contribution >= 0.6 is 0 Å². The molecule has 0 saturated carbocycles. The Morgan fingerprint density at radius 3 is 2.65 bits per heavy atom. The first-order valence-electron chi connectivity index (χ1n) is 5.93. The van der Waals surface area contributed by atoms with Gasteiger partial charge in [0, 0.05) is 25.8 Å². The van der Waals surface area contributed by atoms with Crippen molar-refractivity contribution in [2.75, 3.05) is 19.5 Å². The van der Waals surface area contributed by atoms with Crippen LogP contribution in [0.3, 0.4) is 0 Å². The molecule has 0 unspecified atom stereocenters. The predicted molar refractivity (Wildman–Crippen MR) is 70.2 cm³/mol. The third kappa shape index (κ3) is 6.27. The van der Waals surface area contributed by atoms with Gasteiger partial charge in [-0.15, -0.1) is 0 Å². The summed E-state index contributed by atoms with van der Waals surface area (Å²) >= 11 is 0. The number of nitrogens with one attached hydrogen (secondary N) is 1. The van der Waals surface area contributed by atoms with Crippen molar-refractivity contribution in [1.82, 2.24) is 4.72 Å². The van der Waals surface area contributed by atoms with Gasteiger partial charge in [-0.25, -0.2) is 13.1 Å². The Kier molecular flexibility index (Phi) is 6.83. The van der Waals surface area contributed by atoms with Gasteiger partial charge < -0.3 is 9.47 Å². The largest absolute Gasteiger partial charge is 0.434 e. The van der Waals surface area contributed by atoms with E-state index in [9.17, 15) is 17.2 Å². The Morgan fingerprint density at radius 2 is 2.00 bits per heavy atom. The average Bonchev–Trinajstić information content (AvgIpc) is 2.37. The zero-order chi connectivity index (χ0) is 15.0. The Labute approximate surface area is 116 Å². The van der Waals surface area contributed by atoms with Crippen LogP contribution in [0.1, 0.15) is 12.0 Å². The number of rotatable bonds is 9. The molecule has 8 heteroatoms. The van der Waals surface area contributed by atoms with E-state index in [1.54, 1.807) is 6.07 Å². The van der Waals surface area contributed by atoms with E-state index in [2.05, 4.69) is 9.46 Å². The van der Waals surface area contributed by atoms with Gasteiger partial charge in [-0.3, -0.25) is 0 Å². The normalized spacial score (nSPS) is 11.8. The fourth-order valence-corrected chi connectivity index (χ4v) is 2.53.